The molecule has 11 heavy (non-hydrogen) atoms. The van der Waals surface area contributed by atoms with Crippen LogP contribution in [-0.2, 0) is 4.74 Å². The summed E-state index contributed by atoms with van der Waals surface area (Å²) in [5.74, 6) is 0.801. The van der Waals surface area contributed by atoms with Crippen LogP contribution in [0.4, 0.5) is 0 Å². The molecule has 0 bridgehead atoms. The lowest BCUT2D eigenvalue weighted by Crippen LogP contribution is -2.03. The first-order valence-electron chi connectivity index (χ1n) is 3.46. The Labute approximate surface area is 65.6 Å². The number of aliphatic hydroxyl groups is 1. The molecule has 0 radical (unpaired) electrons. The van der Waals surface area contributed by atoms with Crippen molar-refractivity contribution in [3.05, 3.63) is 23.7 Å². The molecule has 3 nitrogen and oxygen atoms in total. The van der Waals surface area contributed by atoms with Gasteiger partial charge in [0.15, 0.2) is 0 Å². The molecule has 1 N–H and O–H groups in total. The fourth-order valence-corrected chi connectivity index (χ4v) is 0.893. The highest BCUT2D eigenvalue weighted by Gasteiger charge is 2.08. The van der Waals surface area contributed by atoms with Crippen molar-refractivity contribution in [2.24, 2.45) is 0 Å². The van der Waals surface area contributed by atoms with E-state index in [9.17, 15) is 5.11 Å². The Morgan fingerprint density at radius 3 is 2.91 bits per heavy atom. The molecule has 1 atom stereocenters. The molecule has 1 aromatic heterocycles. The Hall–Kier alpha value is -0.800. The maximum absolute atomic E-state index is 9.35. The Balaban J connectivity index is 2.60. The predicted molar refractivity (Wildman–Crippen MR) is 40.3 cm³/mol. The summed E-state index contributed by atoms with van der Waals surface area (Å²) < 4.78 is 9.79. The van der Waals surface area contributed by atoms with E-state index in [1.807, 2.05) is 6.92 Å². The lowest BCUT2D eigenvalue weighted by atomic mass is 10.2. The fourth-order valence-electron chi connectivity index (χ4n) is 0.893. The third-order valence-corrected chi connectivity index (χ3v) is 1.46. The summed E-state index contributed by atoms with van der Waals surface area (Å²) in [6.07, 6.45) is 0.969. The maximum Gasteiger partial charge on any atom is 0.105 e. The molecular formula is C8H12O3. The van der Waals surface area contributed by atoms with Crippen molar-refractivity contribution in [2.75, 3.05) is 13.7 Å². The molecule has 0 aliphatic rings. The minimum absolute atomic E-state index is 0.305. The van der Waals surface area contributed by atoms with E-state index in [0.29, 0.717) is 6.61 Å². The first kappa shape index (κ1) is 8.30. The van der Waals surface area contributed by atoms with Gasteiger partial charge in [0.05, 0.1) is 12.9 Å². The van der Waals surface area contributed by atoms with Crippen molar-refractivity contribution in [3.63, 3.8) is 0 Å². The molecule has 1 heterocycles. The normalized spacial score (nSPS) is 13.4. The van der Waals surface area contributed by atoms with Crippen molar-refractivity contribution in [3.8, 4) is 0 Å². The topological polar surface area (TPSA) is 42.6 Å². The van der Waals surface area contributed by atoms with Gasteiger partial charge in [0, 0.05) is 12.7 Å². The number of hydrogen-bond donors (Lipinski definition) is 1. The molecule has 0 spiro atoms. The van der Waals surface area contributed by atoms with E-state index in [1.165, 1.54) is 0 Å². The summed E-state index contributed by atoms with van der Waals surface area (Å²) in [6, 6.07) is 1.80. The Kier molecular flexibility index (Phi) is 2.68. The van der Waals surface area contributed by atoms with Gasteiger partial charge in [0.1, 0.15) is 11.9 Å². The minimum atomic E-state index is -0.572. The monoisotopic (exact) mass is 156 g/mol. The van der Waals surface area contributed by atoms with Gasteiger partial charge in [-0.2, -0.15) is 0 Å². The van der Waals surface area contributed by atoms with Crippen molar-refractivity contribution in [1.29, 1.82) is 0 Å². The van der Waals surface area contributed by atoms with E-state index in [-0.39, 0.29) is 0 Å². The average molecular weight is 156 g/mol. The second-order valence-electron chi connectivity index (χ2n) is 2.46. The molecule has 1 unspecified atom stereocenters. The molecule has 0 aliphatic carbocycles. The van der Waals surface area contributed by atoms with Gasteiger partial charge in [-0.1, -0.05) is 0 Å². The zero-order valence-corrected chi connectivity index (χ0v) is 6.70. The van der Waals surface area contributed by atoms with Crippen LogP contribution in [0.5, 0.6) is 0 Å². The third-order valence-electron chi connectivity index (χ3n) is 1.46. The van der Waals surface area contributed by atoms with Gasteiger partial charge in [-0.05, 0) is 13.0 Å². The number of methoxy groups -OCH3 is 1. The van der Waals surface area contributed by atoms with Crippen LogP contribution in [0.3, 0.4) is 0 Å². The zero-order chi connectivity index (χ0) is 8.27. The van der Waals surface area contributed by atoms with Crippen LogP contribution in [0.15, 0.2) is 16.7 Å². The van der Waals surface area contributed by atoms with Crippen molar-refractivity contribution in [1.82, 2.24) is 0 Å². The summed E-state index contributed by atoms with van der Waals surface area (Å²) in [6.45, 7) is 2.14. The molecule has 3 heteroatoms. The molecule has 0 saturated carbocycles. The lowest BCUT2D eigenvalue weighted by Gasteiger charge is -2.04. The first-order chi connectivity index (χ1) is 5.24. The highest BCUT2D eigenvalue weighted by atomic mass is 16.5. The molecule has 62 valence electrons. The largest absolute Gasteiger partial charge is 0.469 e. The van der Waals surface area contributed by atoms with Gasteiger partial charge in [0.25, 0.3) is 0 Å². The second-order valence-corrected chi connectivity index (χ2v) is 2.46. The lowest BCUT2D eigenvalue weighted by molar-refractivity contribution is 0.0640. The zero-order valence-electron chi connectivity index (χ0n) is 6.70. The molecule has 1 rings (SSSR count). The number of furan rings is 1. The second kappa shape index (κ2) is 3.55. The molecule has 0 aromatic carbocycles. The van der Waals surface area contributed by atoms with Gasteiger partial charge in [0.2, 0.25) is 0 Å². The van der Waals surface area contributed by atoms with Crippen LogP contribution in [0.2, 0.25) is 0 Å². The third kappa shape index (κ3) is 2.06. The van der Waals surface area contributed by atoms with Crippen molar-refractivity contribution in [2.45, 2.75) is 13.0 Å². The van der Waals surface area contributed by atoms with E-state index in [4.69, 9.17) is 9.15 Å². The molecular weight excluding hydrogens is 144 g/mol. The van der Waals surface area contributed by atoms with E-state index < -0.39 is 6.10 Å². The number of aliphatic hydroxyl groups excluding tert-OH is 1. The van der Waals surface area contributed by atoms with Gasteiger partial charge in [-0.15, -0.1) is 0 Å². The quantitative estimate of drug-likeness (QED) is 0.716. The summed E-state index contributed by atoms with van der Waals surface area (Å²) in [7, 11) is 1.55. The molecule has 0 saturated heterocycles. The smallest absolute Gasteiger partial charge is 0.105 e. The van der Waals surface area contributed by atoms with Crippen LogP contribution in [0.25, 0.3) is 0 Å². The number of ether oxygens (including phenoxy) is 1. The van der Waals surface area contributed by atoms with Gasteiger partial charge in [-0.3, -0.25) is 0 Å². The highest BCUT2D eigenvalue weighted by molar-refractivity contribution is 5.14. The van der Waals surface area contributed by atoms with E-state index in [0.717, 1.165) is 11.3 Å². The van der Waals surface area contributed by atoms with Crippen LogP contribution < -0.4 is 0 Å². The molecule has 0 aliphatic heterocycles. The summed E-state index contributed by atoms with van der Waals surface area (Å²) >= 11 is 0. The summed E-state index contributed by atoms with van der Waals surface area (Å²) in [4.78, 5) is 0. The Bertz CT molecular complexity index is 217. The van der Waals surface area contributed by atoms with Gasteiger partial charge < -0.3 is 14.3 Å². The van der Waals surface area contributed by atoms with E-state index >= 15 is 0 Å². The number of hydrogen-bond acceptors (Lipinski definition) is 3. The van der Waals surface area contributed by atoms with E-state index in [1.54, 1.807) is 19.4 Å². The van der Waals surface area contributed by atoms with Gasteiger partial charge >= 0.3 is 0 Å². The first-order valence-corrected chi connectivity index (χ1v) is 3.46. The molecule has 0 fully saturated rings. The standard InChI is InChI=1S/C8H12O3/c1-6-3-7(4-11-6)8(9)5-10-2/h3-4,8-9H,5H2,1-2H3. The Morgan fingerprint density at radius 1 is 1.73 bits per heavy atom. The average Bonchev–Trinajstić information content (AvgIpc) is 2.36. The summed E-state index contributed by atoms with van der Waals surface area (Å²) in [5, 5.41) is 9.35. The van der Waals surface area contributed by atoms with Crippen LogP contribution in [0.1, 0.15) is 17.4 Å². The fraction of sp³-hybridized carbons (Fsp3) is 0.500. The van der Waals surface area contributed by atoms with Crippen LogP contribution >= 0.6 is 0 Å². The highest BCUT2D eigenvalue weighted by Crippen LogP contribution is 2.15. The maximum atomic E-state index is 9.35. The van der Waals surface area contributed by atoms with Gasteiger partial charge in [-0.25, -0.2) is 0 Å². The van der Waals surface area contributed by atoms with E-state index in [2.05, 4.69) is 0 Å². The van der Waals surface area contributed by atoms with Crippen molar-refractivity contribution < 1.29 is 14.3 Å². The number of rotatable bonds is 3. The Morgan fingerprint density at radius 2 is 2.45 bits per heavy atom. The summed E-state index contributed by atoms with van der Waals surface area (Å²) in [5.41, 5.74) is 0.768. The van der Waals surface area contributed by atoms with Crippen molar-refractivity contribution >= 4 is 0 Å². The molecule has 0 amide bonds. The molecule has 1 aromatic rings. The minimum Gasteiger partial charge on any atom is -0.469 e. The van der Waals surface area contributed by atoms with Crippen LogP contribution in [0, 0.1) is 6.92 Å². The SMILES string of the molecule is COCC(O)c1coc(C)c1. The van der Waals surface area contributed by atoms with Crippen LogP contribution in [-0.4, -0.2) is 18.8 Å². The predicted octanol–water partition coefficient (Wildman–Crippen LogP) is 1.27. The number of aryl methyl sites for hydroxylation is 1.